The van der Waals surface area contributed by atoms with Gasteiger partial charge >= 0.3 is 0 Å². The van der Waals surface area contributed by atoms with Gasteiger partial charge < -0.3 is 4.90 Å². The number of H-pyrrole nitrogens is 1. The van der Waals surface area contributed by atoms with Crippen molar-refractivity contribution in [1.29, 1.82) is 0 Å². The molecule has 1 N–H and O–H groups in total. The maximum Gasteiger partial charge on any atom is 0.278 e. The second-order valence-electron chi connectivity index (χ2n) is 6.72. The Morgan fingerprint density at radius 2 is 1.78 bits per heavy atom. The molecule has 0 aliphatic heterocycles. The minimum Gasteiger partial charge on any atom is -0.333 e. The van der Waals surface area contributed by atoms with E-state index >= 15 is 0 Å². The molecule has 0 bridgehead atoms. The van der Waals surface area contributed by atoms with Gasteiger partial charge in [0, 0.05) is 7.05 Å². The highest BCUT2D eigenvalue weighted by Crippen LogP contribution is 2.28. The summed E-state index contributed by atoms with van der Waals surface area (Å²) in [4.78, 5) is 27.0. The van der Waals surface area contributed by atoms with Gasteiger partial charge in [0.05, 0.1) is 11.4 Å². The molecule has 5 nitrogen and oxygen atoms in total. The average Bonchev–Trinajstić information content (AvgIpc) is 2.63. The van der Waals surface area contributed by atoms with Crippen LogP contribution in [0.15, 0.2) is 47.3 Å². The minimum absolute atomic E-state index is 0.00129. The van der Waals surface area contributed by atoms with E-state index in [-0.39, 0.29) is 34.4 Å². The lowest BCUT2D eigenvalue weighted by atomic mass is 9.94. The van der Waals surface area contributed by atoms with Gasteiger partial charge in [-0.3, -0.25) is 14.7 Å². The Morgan fingerprint density at radius 3 is 2.41 bits per heavy atom. The SMILES string of the molecule is CC(C)C(c1ccc(F)cc1)N(C)C(=O)c1n[nH]c2c(F)cccc2c1=O. The third-order valence-electron chi connectivity index (χ3n) is 4.54. The van der Waals surface area contributed by atoms with E-state index in [1.165, 1.54) is 35.2 Å². The standard InChI is InChI=1S/C20H19F2N3O2/c1-11(2)18(12-7-9-13(21)10-8-12)25(3)20(27)17-19(26)14-5-4-6-15(22)16(14)23-24-17/h4-11,18H,1-3H3,(H,23,26). The van der Waals surface area contributed by atoms with E-state index in [0.717, 1.165) is 5.56 Å². The molecule has 0 fully saturated rings. The topological polar surface area (TPSA) is 66.1 Å². The Morgan fingerprint density at radius 1 is 1.11 bits per heavy atom. The zero-order valence-electron chi connectivity index (χ0n) is 15.2. The van der Waals surface area contributed by atoms with Crippen LogP contribution >= 0.6 is 0 Å². The maximum atomic E-state index is 13.8. The van der Waals surface area contributed by atoms with E-state index in [0.29, 0.717) is 0 Å². The number of para-hydroxylation sites is 1. The summed E-state index contributed by atoms with van der Waals surface area (Å²) in [7, 11) is 1.56. The molecule has 0 spiro atoms. The predicted octanol–water partition coefficient (Wildman–Crippen LogP) is 3.67. The van der Waals surface area contributed by atoms with Crippen molar-refractivity contribution in [2.24, 2.45) is 5.92 Å². The molecular formula is C20H19F2N3O2. The van der Waals surface area contributed by atoms with Crippen LogP contribution in [0.3, 0.4) is 0 Å². The van der Waals surface area contributed by atoms with Crippen LogP contribution in [0.5, 0.6) is 0 Å². The molecule has 7 heteroatoms. The smallest absolute Gasteiger partial charge is 0.278 e. The fourth-order valence-electron chi connectivity index (χ4n) is 3.27. The van der Waals surface area contributed by atoms with Crippen LogP contribution in [0, 0.1) is 17.6 Å². The van der Waals surface area contributed by atoms with Gasteiger partial charge in [-0.15, -0.1) is 0 Å². The number of hydrogen-bond acceptors (Lipinski definition) is 3. The normalized spacial score (nSPS) is 12.4. The Bertz CT molecular complexity index is 1050. The first-order valence-corrected chi connectivity index (χ1v) is 8.50. The number of benzene rings is 2. The number of aromatic amines is 1. The number of hydrogen-bond donors (Lipinski definition) is 1. The zero-order valence-corrected chi connectivity index (χ0v) is 15.2. The van der Waals surface area contributed by atoms with Gasteiger partial charge in [-0.25, -0.2) is 8.78 Å². The monoisotopic (exact) mass is 371 g/mol. The molecule has 1 aromatic heterocycles. The Balaban J connectivity index is 2.03. The van der Waals surface area contributed by atoms with Crippen molar-refractivity contribution < 1.29 is 13.6 Å². The maximum absolute atomic E-state index is 13.8. The fraction of sp³-hybridized carbons (Fsp3) is 0.250. The van der Waals surface area contributed by atoms with E-state index in [4.69, 9.17) is 0 Å². The van der Waals surface area contributed by atoms with Gasteiger partial charge in [0.15, 0.2) is 5.69 Å². The third-order valence-corrected chi connectivity index (χ3v) is 4.54. The summed E-state index contributed by atoms with van der Waals surface area (Å²) in [5.74, 6) is -1.58. The number of nitrogens with zero attached hydrogens (tertiary/aromatic N) is 2. The second kappa shape index (κ2) is 7.26. The number of amides is 1. The van der Waals surface area contributed by atoms with Crippen LogP contribution in [0.25, 0.3) is 10.9 Å². The highest BCUT2D eigenvalue weighted by atomic mass is 19.1. The lowest BCUT2D eigenvalue weighted by molar-refractivity contribution is 0.0679. The zero-order chi connectivity index (χ0) is 19.7. The van der Waals surface area contributed by atoms with Crippen LogP contribution in [0.4, 0.5) is 8.78 Å². The average molecular weight is 371 g/mol. The van der Waals surface area contributed by atoms with E-state index in [9.17, 15) is 18.4 Å². The number of rotatable bonds is 4. The number of fused-ring (bicyclic) bond motifs is 1. The summed E-state index contributed by atoms with van der Waals surface area (Å²) in [6.07, 6.45) is 0. The summed E-state index contributed by atoms with van der Waals surface area (Å²) in [6, 6.07) is 9.53. The van der Waals surface area contributed by atoms with Gasteiger partial charge in [0.25, 0.3) is 5.91 Å². The molecule has 27 heavy (non-hydrogen) atoms. The molecule has 3 aromatic rings. The first-order valence-electron chi connectivity index (χ1n) is 8.50. The molecule has 1 atom stereocenters. The van der Waals surface area contributed by atoms with Gasteiger partial charge in [0.1, 0.15) is 17.2 Å². The van der Waals surface area contributed by atoms with Crippen LogP contribution in [0.1, 0.15) is 35.9 Å². The van der Waals surface area contributed by atoms with E-state index in [1.807, 2.05) is 13.8 Å². The van der Waals surface area contributed by atoms with E-state index < -0.39 is 17.2 Å². The molecule has 0 aliphatic carbocycles. The van der Waals surface area contributed by atoms with Crippen LogP contribution < -0.4 is 5.43 Å². The van der Waals surface area contributed by atoms with Crippen molar-refractivity contribution in [3.8, 4) is 0 Å². The van der Waals surface area contributed by atoms with Gasteiger partial charge in [-0.05, 0) is 35.7 Å². The fourth-order valence-corrected chi connectivity index (χ4v) is 3.27. The molecule has 1 heterocycles. The quantitative estimate of drug-likeness (QED) is 0.761. The lowest BCUT2D eigenvalue weighted by Crippen LogP contribution is -2.37. The minimum atomic E-state index is -0.637. The number of carbonyl (C=O) groups excluding carboxylic acids is 1. The highest BCUT2D eigenvalue weighted by molar-refractivity contribution is 5.95. The molecule has 0 saturated heterocycles. The molecule has 3 rings (SSSR count). The second-order valence-corrected chi connectivity index (χ2v) is 6.72. The number of halogens is 2. The first-order chi connectivity index (χ1) is 12.8. The molecule has 1 amide bonds. The van der Waals surface area contributed by atoms with Crippen molar-refractivity contribution in [3.63, 3.8) is 0 Å². The highest BCUT2D eigenvalue weighted by Gasteiger charge is 2.28. The predicted molar refractivity (Wildman–Crippen MR) is 98.4 cm³/mol. The van der Waals surface area contributed by atoms with Gasteiger partial charge in [0.2, 0.25) is 5.43 Å². The summed E-state index contributed by atoms with van der Waals surface area (Å²) < 4.78 is 27.1. The molecule has 2 aromatic carbocycles. The molecular weight excluding hydrogens is 352 g/mol. The van der Waals surface area contributed by atoms with E-state index in [2.05, 4.69) is 10.2 Å². The summed E-state index contributed by atoms with van der Waals surface area (Å²) in [5, 5.41) is 6.33. The van der Waals surface area contributed by atoms with E-state index in [1.54, 1.807) is 19.2 Å². The molecule has 1 unspecified atom stereocenters. The Hall–Kier alpha value is -3.09. The number of carbonyl (C=O) groups is 1. The Labute approximate surface area is 154 Å². The van der Waals surface area contributed by atoms with Crippen molar-refractivity contribution in [2.45, 2.75) is 19.9 Å². The van der Waals surface area contributed by atoms with Crippen molar-refractivity contribution >= 4 is 16.8 Å². The molecule has 0 aliphatic rings. The van der Waals surface area contributed by atoms with Crippen molar-refractivity contribution in [1.82, 2.24) is 15.1 Å². The summed E-state index contributed by atoms with van der Waals surface area (Å²) in [6.45, 7) is 3.84. The number of nitrogens with one attached hydrogen (secondary N) is 1. The van der Waals surface area contributed by atoms with Crippen LogP contribution in [-0.2, 0) is 0 Å². The first kappa shape index (κ1) is 18.7. The summed E-state index contributed by atoms with van der Waals surface area (Å²) in [5.41, 5.74) is -0.253. The summed E-state index contributed by atoms with van der Waals surface area (Å²) >= 11 is 0. The van der Waals surface area contributed by atoms with Gasteiger partial charge in [-0.2, -0.15) is 5.10 Å². The lowest BCUT2D eigenvalue weighted by Gasteiger charge is -2.31. The number of aromatic nitrogens is 2. The van der Waals surface area contributed by atoms with Crippen molar-refractivity contribution in [3.05, 3.63) is 75.6 Å². The van der Waals surface area contributed by atoms with Crippen LogP contribution in [0.2, 0.25) is 0 Å². The van der Waals surface area contributed by atoms with Crippen LogP contribution in [-0.4, -0.2) is 28.1 Å². The largest absolute Gasteiger partial charge is 0.333 e. The molecule has 0 saturated carbocycles. The van der Waals surface area contributed by atoms with Crippen molar-refractivity contribution in [2.75, 3.05) is 7.05 Å². The Kier molecular flexibility index (Phi) is 5.03. The molecule has 0 radical (unpaired) electrons. The molecule has 140 valence electrons. The third kappa shape index (κ3) is 3.45. The van der Waals surface area contributed by atoms with Gasteiger partial charge in [-0.1, -0.05) is 32.0 Å².